The van der Waals surface area contributed by atoms with Crippen LogP contribution in [0.25, 0.3) is 0 Å². The summed E-state index contributed by atoms with van der Waals surface area (Å²) in [5, 5.41) is 0. The number of hydrogen-bond acceptors (Lipinski definition) is 2. The first-order valence-corrected chi connectivity index (χ1v) is 4.77. The van der Waals surface area contributed by atoms with Gasteiger partial charge in [-0.3, -0.25) is 9.59 Å². The molecule has 4 N–H and O–H groups in total. The van der Waals surface area contributed by atoms with Gasteiger partial charge in [0.2, 0.25) is 11.8 Å². The molecule has 0 saturated heterocycles. The van der Waals surface area contributed by atoms with Crippen LogP contribution in [0.3, 0.4) is 0 Å². The molecule has 0 aliphatic carbocycles. The number of carbonyl (C=O) groups is 2. The molecule has 2 unspecified atom stereocenters. The molecule has 6 heteroatoms. The lowest BCUT2D eigenvalue weighted by Gasteiger charge is -2.34. The maximum Gasteiger partial charge on any atom is 0.238 e. The van der Waals surface area contributed by atoms with Crippen LogP contribution in [0, 0.1) is 5.92 Å². The van der Waals surface area contributed by atoms with Gasteiger partial charge in [-0.25, -0.2) is 0 Å². The van der Waals surface area contributed by atoms with Gasteiger partial charge in [-0.15, -0.1) is 23.2 Å². The van der Waals surface area contributed by atoms with Crippen molar-refractivity contribution in [2.45, 2.75) is 30.5 Å². The molecule has 0 bridgehead atoms. The summed E-state index contributed by atoms with van der Waals surface area (Å²) < 4.78 is 0. The Kier molecular flexibility index (Phi) is 3.81. The van der Waals surface area contributed by atoms with E-state index in [9.17, 15) is 9.59 Å². The summed E-state index contributed by atoms with van der Waals surface area (Å²) in [4.78, 5) is 19.2. The maximum atomic E-state index is 11.0. The molecule has 0 aromatic carbocycles. The first-order chi connectivity index (χ1) is 6.04. The van der Waals surface area contributed by atoms with E-state index in [1.54, 1.807) is 6.92 Å². The molecule has 2 atom stereocenters. The number of primary amides is 2. The van der Waals surface area contributed by atoms with E-state index in [0.29, 0.717) is 0 Å². The van der Waals surface area contributed by atoms with Crippen LogP contribution in [0.1, 0.15) is 20.8 Å². The third-order valence-corrected chi connectivity index (χ3v) is 3.62. The molecule has 0 saturated carbocycles. The van der Waals surface area contributed by atoms with Gasteiger partial charge in [0.15, 0.2) is 0 Å². The van der Waals surface area contributed by atoms with Gasteiger partial charge in [0.1, 0.15) is 9.75 Å². The quantitative estimate of drug-likeness (QED) is 0.705. The predicted molar refractivity (Wildman–Crippen MR) is 56.1 cm³/mol. The van der Waals surface area contributed by atoms with E-state index in [0.717, 1.165) is 0 Å². The molecule has 4 nitrogen and oxygen atoms in total. The molecule has 0 rings (SSSR count). The van der Waals surface area contributed by atoms with Crippen molar-refractivity contribution in [1.29, 1.82) is 0 Å². The van der Waals surface area contributed by atoms with E-state index in [1.165, 1.54) is 13.8 Å². The van der Waals surface area contributed by atoms with Crippen molar-refractivity contribution in [1.82, 2.24) is 0 Å². The maximum absolute atomic E-state index is 11.0. The Labute approximate surface area is 92.9 Å². The fraction of sp³-hybridized carbons (Fsp3) is 0.750. The van der Waals surface area contributed by atoms with E-state index >= 15 is 0 Å². The van der Waals surface area contributed by atoms with Crippen LogP contribution in [-0.2, 0) is 9.59 Å². The van der Waals surface area contributed by atoms with E-state index in [2.05, 4.69) is 0 Å². The molecule has 0 heterocycles. The third-order valence-electron chi connectivity index (χ3n) is 2.59. The molecule has 0 aliphatic heterocycles. The minimum absolute atomic E-state index is 0.673. The second-order valence-corrected chi connectivity index (χ2v) is 5.17. The summed E-state index contributed by atoms with van der Waals surface area (Å²) in [6.07, 6.45) is 0. The highest BCUT2D eigenvalue weighted by molar-refractivity contribution is 6.39. The average molecular weight is 241 g/mol. The van der Waals surface area contributed by atoms with Crippen LogP contribution in [0.5, 0.6) is 0 Å². The van der Waals surface area contributed by atoms with Crippen LogP contribution in [0.4, 0.5) is 0 Å². The van der Waals surface area contributed by atoms with Crippen LogP contribution in [-0.4, -0.2) is 21.6 Å². The van der Waals surface area contributed by atoms with Gasteiger partial charge < -0.3 is 11.5 Å². The van der Waals surface area contributed by atoms with E-state index < -0.39 is 27.5 Å². The first kappa shape index (κ1) is 13.5. The van der Waals surface area contributed by atoms with Crippen molar-refractivity contribution in [3.63, 3.8) is 0 Å². The van der Waals surface area contributed by atoms with Crippen molar-refractivity contribution < 1.29 is 9.59 Å². The Hall–Kier alpha value is -0.480. The van der Waals surface area contributed by atoms with Gasteiger partial charge in [-0.1, -0.05) is 6.92 Å². The molecule has 0 aromatic rings. The molecular weight excluding hydrogens is 227 g/mol. The Bertz CT molecular complexity index is 238. The zero-order chi connectivity index (χ0) is 11.7. The van der Waals surface area contributed by atoms with Gasteiger partial charge >= 0.3 is 0 Å². The SMILES string of the molecule is CC(C(C)(Cl)C(N)=O)C(C)(Cl)C(N)=O. The lowest BCUT2D eigenvalue weighted by Crippen LogP contribution is -2.53. The lowest BCUT2D eigenvalue weighted by atomic mass is 9.82. The van der Waals surface area contributed by atoms with Crippen molar-refractivity contribution in [2.75, 3.05) is 0 Å². The number of nitrogens with two attached hydrogens (primary N) is 2. The first-order valence-electron chi connectivity index (χ1n) is 4.02. The van der Waals surface area contributed by atoms with Crippen LogP contribution < -0.4 is 11.5 Å². The van der Waals surface area contributed by atoms with Gasteiger partial charge in [0.25, 0.3) is 0 Å². The van der Waals surface area contributed by atoms with Gasteiger partial charge in [0.05, 0.1) is 0 Å². The summed E-state index contributed by atoms with van der Waals surface area (Å²) >= 11 is 11.8. The fourth-order valence-electron chi connectivity index (χ4n) is 0.936. The second-order valence-electron chi connectivity index (χ2n) is 3.60. The molecule has 0 aromatic heterocycles. The Morgan fingerprint density at radius 3 is 1.43 bits per heavy atom. The number of carbonyl (C=O) groups excluding carboxylic acids is 2. The zero-order valence-corrected chi connectivity index (χ0v) is 9.82. The minimum atomic E-state index is -1.40. The van der Waals surface area contributed by atoms with Crippen molar-refractivity contribution in [2.24, 2.45) is 17.4 Å². The van der Waals surface area contributed by atoms with Crippen molar-refractivity contribution in [3.05, 3.63) is 0 Å². The average Bonchev–Trinajstić information content (AvgIpc) is 2.02. The summed E-state index contributed by atoms with van der Waals surface area (Å²) in [7, 11) is 0. The summed E-state index contributed by atoms with van der Waals surface area (Å²) in [6.45, 7) is 4.37. The summed E-state index contributed by atoms with van der Waals surface area (Å²) in [5.41, 5.74) is 10.2. The molecule has 0 radical (unpaired) electrons. The second kappa shape index (κ2) is 3.95. The third kappa shape index (κ3) is 2.30. The van der Waals surface area contributed by atoms with E-state index in [-0.39, 0.29) is 0 Å². The minimum Gasteiger partial charge on any atom is -0.368 e. The van der Waals surface area contributed by atoms with Crippen LogP contribution in [0.2, 0.25) is 0 Å². The normalized spacial score (nSPS) is 21.8. The number of halogens is 2. The zero-order valence-electron chi connectivity index (χ0n) is 8.30. The van der Waals surface area contributed by atoms with Crippen LogP contribution in [0.15, 0.2) is 0 Å². The smallest absolute Gasteiger partial charge is 0.238 e. The molecule has 82 valence electrons. The number of amides is 2. The van der Waals surface area contributed by atoms with Crippen LogP contribution >= 0.6 is 23.2 Å². The monoisotopic (exact) mass is 240 g/mol. The highest BCUT2D eigenvalue weighted by atomic mass is 35.5. The molecule has 2 amide bonds. The largest absolute Gasteiger partial charge is 0.368 e. The topological polar surface area (TPSA) is 86.2 Å². The van der Waals surface area contributed by atoms with Gasteiger partial charge in [0, 0.05) is 5.92 Å². The van der Waals surface area contributed by atoms with E-state index in [1.807, 2.05) is 0 Å². The van der Waals surface area contributed by atoms with Crippen molar-refractivity contribution >= 4 is 35.0 Å². The Morgan fingerprint density at radius 1 is 1.07 bits per heavy atom. The fourth-order valence-corrected chi connectivity index (χ4v) is 1.43. The van der Waals surface area contributed by atoms with Gasteiger partial charge in [-0.05, 0) is 13.8 Å². The highest BCUT2D eigenvalue weighted by Gasteiger charge is 2.48. The van der Waals surface area contributed by atoms with Crippen molar-refractivity contribution in [3.8, 4) is 0 Å². The Balaban J connectivity index is 5.04. The Morgan fingerprint density at radius 2 is 1.29 bits per heavy atom. The number of alkyl halides is 2. The lowest BCUT2D eigenvalue weighted by molar-refractivity contribution is -0.124. The molecule has 0 spiro atoms. The summed E-state index contributed by atoms with van der Waals surface area (Å²) in [6, 6.07) is 0. The number of hydrogen-bond donors (Lipinski definition) is 2. The van der Waals surface area contributed by atoms with E-state index in [4.69, 9.17) is 34.7 Å². The summed E-state index contributed by atoms with van der Waals surface area (Å²) in [5.74, 6) is -2.15. The predicted octanol–water partition coefficient (Wildman–Crippen LogP) is 0.588. The molecular formula is C8H14Cl2N2O2. The highest BCUT2D eigenvalue weighted by Crippen LogP contribution is 2.37. The standard InChI is InChI=1S/C8H14Cl2N2O2/c1-4(7(2,9)5(11)13)8(3,10)6(12)14/h4H,1-3H3,(H2,11,13)(H2,12,14). The molecule has 0 aliphatic rings. The number of rotatable bonds is 4. The van der Waals surface area contributed by atoms with Gasteiger partial charge in [-0.2, -0.15) is 0 Å². The molecule has 14 heavy (non-hydrogen) atoms. The molecule has 0 fully saturated rings.